The number of carbonyl (C=O) groups is 1. The number of ketones is 1. The van der Waals surface area contributed by atoms with Gasteiger partial charge < -0.3 is 10.1 Å². The highest BCUT2D eigenvalue weighted by atomic mass is 32.1. The first-order valence-electron chi connectivity index (χ1n) is 11.9. The molecule has 1 aliphatic rings. The van der Waals surface area contributed by atoms with E-state index in [4.69, 9.17) is 4.74 Å². The van der Waals surface area contributed by atoms with Crippen molar-refractivity contribution in [3.05, 3.63) is 75.4 Å². The van der Waals surface area contributed by atoms with Crippen LogP contribution < -0.4 is 10.1 Å². The number of hydrogen-bond acceptors (Lipinski definition) is 6. The number of nitrogens with zero attached hydrogens (tertiary/aromatic N) is 2. The molecular formula is C29H29N3O2S. The predicted molar refractivity (Wildman–Crippen MR) is 145 cm³/mol. The summed E-state index contributed by atoms with van der Waals surface area (Å²) in [5, 5.41) is 5.54. The quantitative estimate of drug-likeness (QED) is 0.263. The summed E-state index contributed by atoms with van der Waals surface area (Å²) in [6, 6.07) is 10.1. The molecule has 0 spiro atoms. The van der Waals surface area contributed by atoms with E-state index in [0.717, 1.165) is 60.9 Å². The fourth-order valence-electron chi connectivity index (χ4n) is 4.20. The third kappa shape index (κ3) is 4.98. The molecule has 0 bridgehead atoms. The van der Waals surface area contributed by atoms with Crippen LogP contribution in [0.3, 0.4) is 0 Å². The number of aromatic nitrogens is 2. The van der Waals surface area contributed by atoms with Crippen LogP contribution in [0.4, 0.5) is 11.5 Å². The number of anilines is 2. The van der Waals surface area contributed by atoms with Crippen LogP contribution >= 0.6 is 11.3 Å². The summed E-state index contributed by atoms with van der Waals surface area (Å²) < 4.78 is 6.52. The molecule has 0 amide bonds. The first kappa shape index (κ1) is 23.2. The van der Waals surface area contributed by atoms with Crippen molar-refractivity contribution in [1.29, 1.82) is 0 Å². The molecule has 178 valence electrons. The molecule has 35 heavy (non-hydrogen) atoms. The molecule has 2 aromatic heterocycles. The minimum atomic E-state index is 0.245. The highest BCUT2D eigenvalue weighted by molar-refractivity contribution is 7.18. The van der Waals surface area contributed by atoms with Gasteiger partial charge in [0.25, 0.3) is 0 Å². The molecule has 5 nitrogen and oxygen atoms in total. The number of Topliss-reactive ketones (excluding diaryl/α,β-unsaturated/α-hetero) is 1. The minimum Gasteiger partial charge on any atom is -0.496 e. The monoisotopic (exact) mass is 483 g/mol. The third-order valence-electron chi connectivity index (χ3n) is 6.70. The molecule has 0 radical (unpaired) electrons. The normalized spacial score (nSPS) is 13.5. The van der Waals surface area contributed by atoms with Gasteiger partial charge in [-0.05, 0) is 73.9 Å². The number of hydrogen-bond donors (Lipinski definition) is 1. The summed E-state index contributed by atoms with van der Waals surface area (Å²) in [6.45, 7) is 6.20. The van der Waals surface area contributed by atoms with Gasteiger partial charge in [0, 0.05) is 34.7 Å². The number of fused-ring (bicyclic) bond motifs is 1. The van der Waals surface area contributed by atoms with Crippen molar-refractivity contribution in [2.45, 2.75) is 40.0 Å². The summed E-state index contributed by atoms with van der Waals surface area (Å²) in [5.74, 6) is 2.46. The Hall–Kier alpha value is -3.51. The van der Waals surface area contributed by atoms with Crippen molar-refractivity contribution in [2.24, 2.45) is 5.92 Å². The Morgan fingerprint density at radius 3 is 2.66 bits per heavy atom. The van der Waals surface area contributed by atoms with Gasteiger partial charge in [-0.25, -0.2) is 9.97 Å². The zero-order valence-corrected chi connectivity index (χ0v) is 21.3. The largest absolute Gasteiger partial charge is 0.496 e. The maximum Gasteiger partial charge on any atom is 0.163 e. The molecule has 1 N–H and O–H groups in total. The third-order valence-corrected chi connectivity index (χ3v) is 7.69. The Bertz CT molecular complexity index is 1450. The Kier molecular flexibility index (Phi) is 6.39. The van der Waals surface area contributed by atoms with E-state index in [2.05, 4.69) is 59.7 Å². The molecule has 4 aromatic rings. The lowest BCUT2D eigenvalue weighted by Crippen LogP contribution is -2.00. The number of rotatable bonds is 8. The molecule has 5 rings (SSSR count). The minimum absolute atomic E-state index is 0.245. The fourth-order valence-corrected chi connectivity index (χ4v) is 5.13. The average molecular weight is 484 g/mol. The van der Waals surface area contributed by atoms with Crippen LogP contribution in [0.5, 0.6) is 5.75 Å². The standard InChI is InChI=1S/C29H29N3O2S/c1-17-5-8-22(25(33)12-20-6-7-20)13-21(17)9-10-23-15-35-28-27(23)30-16-31-29(28)32-24-11-18(2)19(3)26(14-24)34-4/h5,8-11,13-16,20H,6-7,12H2,1-4H3,(H,30,31,32)/b10-9+. The van der Waals surface area contributed by atoms with Crippen LogP contribution in [0.15, 0.2) is 42.0 Å². The van der Waals surface area contributed by atoms with Gasteiger partial charge in [-0.15, -0.1) is 11.3 Å². The van der Waals surface area contributed by atoms with E-state index in [1.807, 2.05) is 24.3 Å². The van der Waals surface area contributed by atoms with Crippen molar-refractivity contribution in [3.8, 4) is 5.75 Å². The lowest BCUT2D eigenvalue weighted by Gasteiger charge is -2.12. The molecule has 0 saturated heterocycles. The second kappa shape index (κ2) is 9.62. The number of aryl methyl sites for hydroxylation is 2. The van der Waals surface area contributed by atoms with Crippen LogP contribution in [-0.2, 0) is 0 Å². The summed E-state index contributed by atoms with van der Waals surface area (Å²) in [6.07, 6.45) is 8.78. The van der Waals surface area contributed by atoms with E-state index in [1.165, 1.54) is 12.8 Å². The molecule has 2 heterocycles. The van der Waals surface area contributed by atoms with Crippen molar-refractivity contribution in [2.75, 3.05) is 12.4 Å². The van der Waals surface area contributed by atoms with Gasteiger partial charge in [-0.1, -0.05) is 24.3 Å². The Labute approximate surface area is 209 Å². The maximum absolute atomic E-state index is 12.6. The van der Waals surface area contributed by atoms with E-state index in [1.54, 1.807) is 24.8 Å². The lowest BCUT2D eigenvalue weighted by molar-refractivity contribution is 0.0976. The van der Waals surface area contributed by atoms with Gasteiger partial charge in [0.15, 0.2) is 11.6 Å². The van der Waals surface area contributed by atoms with Gasteiger partial charge in [0.05, 0.1) is 17.3 Å². The number of nitrogens with one attached hydrogen (secondary N) is 1. The van der Waals surface area contributed by atoms with E-state index in [-0.39, 0.29) is 5.78 Å². The smallest absolute Gasteiger partial charge is 0.163 e. The molecule has 0 aliphatic heterocycles. The molecule has 0 unspecified atom stereocenters. The molecule has 1 saturated carbocycles. The van der Waals surface area contributed by atoms with Gasteiger partial charge in [-0.2, -0.15) is 0 Å². The maximum atomic E-state index is 12.6. The zero-order chi connectivity index (χ0) is 24.5. The van der Waals surface area contributed by atoms with E-state index in [9.17, 15) is 4.79 Å². The van der Waals surface area contributed by atoms with Crippen molar-refractivity contribution in [3.63, 3.8) is 0 Å². The molecule has 1 fully saturated rings. The second-order valence-electron chi connectivity index (χ2n) is 9.31. The molecule has 0 atom stereocenters. The number of benzene rings is 2. The van der Waals surface area contributed by atoms with Gasteiger partial charge in [-0.3, -0.25) is 4.79 Å². The van der Waals surface area contributed by atoms with Crippen LogP contribution in [0.25, 0.3) is 22.4 Å². The number of carbonyl (C=O) groups excluding carboxylic acids is 1. The number of ether oxygens (including phenoxy) is 1. The summed E-state index contributed by atoms with van der Waals surface area (Å²) in [5.41, 5.74) is 8.14. The SMILES string of the molecule is COc1cc(Nc2ncnc3c(/C=C/c4cc(C(=O)CC5CC5)ccc4C)csc23)cc(C)c1C. The van der Waals surface area contributed by atoms with Gasteiger partial charge >= 0.3 is 0 Å². The summed E-state index contributed by atoms with van der Waals surface area (Å²) in [4.78, 5) is 21.6. The Morgan fingerprint density at radius 2 is 1.89 bits per heavy atom. The molecule has 1 aliphatic carbocycles. The first-order chi connectivity index (χ1) is 16.9. The van der Waals surface area contributed by atoms with Crippen molar-refractivity contribution in [1.82, 2.24) is 9.97 Å². The zero-order valence-electron chi connectivity index (χ0n) is 20.5. The van der Waals surface area contributed by atoms with Crippen molar-refractivity contribution >= 4 is 51.0 Å². The number of methoxy groups -OCH3 is 1. The summed E-state index contributed by atoms with van der Waals surface area (Å²) in [7, 11) is 1.69. The number of thiophene rings is 1. The average Bonchev–Trinajstić information content (AvgIpc) is 3.57. The second-order valence-corrected chi connectivity index (χ2v) is 10.2. The molecular weight excluding hydrogens is 454 g/mol. The van der Waals surface area contributed by atoms with Crippen LogP contribution in [0, 0.1) is 26.7 Å². The fraction of sp³-hybridized carbons (Fsp3) is 0.276. The van der Waals surface area contributed by atoms with E-state index >= 15 is 0 Å². The highest BCUT2D eigenvalue weighted by Crippen LogP contribution is 2.35. The van der Waals surface area contributed by atoms with E-state index in [0.29, 0.717) is 12.3 Å². The van der Waals surface area contributed by atoms with Crippen LogP contribution in [0.1, 0.15) is 57.4 Å². The first-order valence-corrected chi connectivity index (χ1v) is 12.8. The Morgan fingerprint density at radius 1 is 1.09 bits per heavy atom. The lowest BCUT2D eigenvalue weighted by atomic mass is 9.99. The molecule has 2 aromatic carbocycles. The topological polar surface area (TPSA) is 64.1 Å². The Balaban J connectivity index is 1.42. The van der Waals surface area contributed by atoms with E-state index < -0.39 is 0 Å². The van der Waals surface area contributed by atoms with Crippen LogP contribution in [-0.4, -0.2) is 22.9 Å². The van der Waals surface area contributed by atoms with Gasteiger partial charge in [0.2, 0.25) is 0 Å². The van der Waals surface area contributed by atoms with Crippen molar-refractivity contribution < 1.29 is 9.53 Å². The summed E-state index contributed by atoms with van der Waals surface area (Å²) >= 11 is 1.61. The highest BCUT2D eigenvalue weighted by Gasteiger charge is 2.25. The molecule has 6 heteroatoms. The van der Waals surface area contributed by atoms with Crippen LogP contribution in [0.2, 0.25) is 0 Å². The predicted octanol–water partition coefficient (Wildman–Crippen LogP) is 7.52. The van der Waals surface area contributed by atoms with Gasteiger partial charge in [0.1, 0.15) is 12.1 Å².